The summed E-state index contributed by atoms with van der Waals surface area (Å²) in [5, 5.41) is 0.785. The molecule has 0 amide bonds. The predicted octanol–water partition coefficient (Wildman–Crippen LogP) is 6.12. The lowest BCUT2D eigenvalue weighted by Gasteiger charge is -2.22. The number of nitrogens with zero attached hydrogens (tertiary/aromatic N) is 4. The first kappa shape index (κ1) is 17.6. The van der Waals surface area contributed by atoms with Crippen LogP contribution in [0.3, 0.4) is 0 Å². The third kappa shape index (κ3) is 3.47. The van der Waals surface area contributed by atoms with Gasteiger partial charge in [-0.25, -0.2) is 9.97 Å². The van der Waals surface area contributed by atoms with Crippen LogP contribution in [0.2, 0.25) is 0 Å². The second-order valence-electron chi connectivity index (χ2n) is 7.54. The SMILES string of the molecule is c1ccc2n/c(=N\c3nc4ccccc4s3)n(C3CCCCCCC3)c-2cc1. The quantitative estimate of drug-likeness (QED) is 0.415. The van der Waals surface area contributed by atoms with Crippen molar-refractivity contribution in [2.45, 2.75) is 51.0 Å². The van der Waals surface area contributed by atoms with Crippen molar-refractivity contribution in [3.8, 4) is 11.4 Å². The second-order valence-corrected chi connectivity index (χ2v) is 8.55. The number of rotatable bonds is 2. The fourth-order valence-corrected chi connectivity index (χ4v) is 5.05. The van der Waals surface area contributed by atoms with Crippen LogP contribution in [-0.4, -0.2) is 14.5 Å². The lowest BCUT2D eigenvalue weighted by molar-refractivity contribution is 0.366. The fourth-order valence-electron chi connectivity index (χ4n) is 4.22. The normalized spacial score (nSPS) is 17.1. The topological polar surface area (TPSA) is 43.1 Å². The Morgan fingerprint density at radius 1 is 0.821 bits per heavy atom. The van der Waals surface area contributed by atoms with Gasteiger partial charge in [0, 0.05) is 6.04 Å². The van der Waals surface area contributed by atoms with Crippen LogP contribution in [0.5, 0.6) is 0 Å². The van der Waals surface area contributed by atoms with E-state index in [2.05, 4.69) is 41.0 Å². The number of thiazole rings is 1. The van der Waals surface area contributed by atoms with Gasteiger partial charge in [-0.1, -0.05) is 73.8 Å². The van der Waals surface area contributed by atoms with Crippen LogP contribution in [-0.2, 0) is 0 Å². The van der Waals surface area contributed by atoms with E-state index in [-0.39, 0.29) is 0 Å². The summed E-state index contributed by atoms with van der Waals surface area (Å²) in [5.74, 6) is 0. The second kappa shape index (κ2) is 7.84. The molecule has 5 heteroatoms. The molecule has 2 aromatic rings. The Morgan fingerprint density at radius 3 is 2.43 bits per heavy atom. The number of hydrogen-bond acceptors (Lipinski definition) is 4. The van der Waals surface area contributed by atoms with E-state index in [1.54, 1.807) is 11.3 Å². The van der Waals surface area contributed by atoms with Crippen LogP contribution in [0.15, 0.2) is 59.6 Å². The maximum atomic E-state index is 4.92. The zero-order valence-electron chi connectivity index (χ0n) is 15.9. The molecule has 3 aliphatic rings. The molecule has 5 rings (SSSR count). The van der Waals surface area contributed by atoms with Crippen LogP contribution in [0.25, 0.3) is 21.6 Å². The molecule has 1 aromatic heterocycles. The summed E-state index contributed by atoms with van der Waals surface area (Å²) >= 11 is 1.63. The van der Waals surface area contributed by atoms with Gasteiger partial charge in [-0.05, 0) is 37.1 Å². The molecular formula is C23H24N4S. The Bertz CT molecular complexity index is 1090. The zero-order chi connectivity index (χ0) is 18.8. The third-order valence-corrected chi connectivity index (χ3v) is 6.54. The first-order chi connectivity index (χ1) is 13.9. The maximum absolute atomic E-state index is 4.92. The van der Waals surface area contributed by atoms with Gasteiger partial charge in [-0.3, -0.25) is 0 Å². The molecule has 2 heterocycles. The minimum absolute atomic E-state index is 0.459. The molecule has 0 spiro atoms. The Balaban J connectivity index is 1.67. The van der Waals surface area contributed by atoms with E-state index in [4.69, 9.17) is 15.0 Å². The fraction of sp³-hybridized carbons (Fsp3) is 0.348. The molecule has 1 fully saturated rings. The highest BCUT2D eigenvalue weighted by atomic mass is 32.1. The summed E-state index contributed by atoms with van der Waals surface area (Å²) in [6.45, 7) is 0. The van der Waals surface area contributed by atoms with Gasteiger partial charge >= 0.3 is 0 Å². The molecule has 1 aliphatic heterocycles. The Kier molecular flexibility index (Phi) is 4.92. The Labute approximate surface area is 169 Å². The Morgan fingerprint density at radius 2 is 1.57 bits per heavy atom. The number of benzene rings is 1. The van der Waals surface area contributed by atoms with Crippen LogP contribution >= 0.6 is 11.3 Å². The molecule has 1 aromatic carbocycles. The monoisotopic (exact) mass is 388 g/mol. The molecule has 0 atom stereocenters. The van der Waals surface area contributed by atoms with Gasteiger partial charge < -0.3 is 4.57 Å². The lowest BCUT2D eigenvalue weighted by Crippen LogP contribution is -2.24. The van der Waals surface area contributed by atoms with Gasteiger partial charge in [0.25, 0.3) is 0 Å². The van der Waals surface area contributed by atoms with Gasteiger partial charge in [0.05, 0.1) is 21.6 Å². The molecule has 0 unspecified atom stereocenters. The van der Waals surface area contributed by atoms with E-state index >= 15 is 0 Å². The van der Waals surface area contributed by atoms with E-state index in [0.29, 0.717) is 6.04 Å². The largest absolute Gasteiger partial charge is 0.305 e. The highest BCUT2D eigenvalue weighted by Crippen LogP contribution is 2.31. The van der Waals surface area contributed by atoms with Crippen molar-refractivity contribution in [1.82, 2.24) is 14.5 Å². The maximum Gasteiger partial charge on any atom is 0.233 e. The van der Waals surface area contributed by atoms with Crippen molar-refractivity contribution >= 4 is 26.7 Å². The lowest BCUT2D eigenvalue weighted by atomic mass is 9.96. The van der Waals surface area contributed by atoms with Crippen LogP contribution in [0.1, 0.15) is 51.0 Å². The van der Waals surface area contributed by atoms with Gasteiger partial charge in [-0.2, -0.15) is 4.99 Å². The van der Waals surface area contributed by atoms with E-state index < -0.39 is 0 Å². The zero-order valence-corrected chi connectivity index (χ0v) is 16.7. The van der Waals surface area contributed by atoms with Gasteiger partial charge in [0.1, 0.15) is 0 Å². The minimum Gasteiger partial charge on any atom is -0.305 e. The number of para-hydroxylation sites is 1. The van der Waals surface area contributed by atoms with E-state index in [0.717, 1.165) is 22.0 Å². The Hall–Kier alpha value is -2.53. The smallest absolute Gasteiger partial charge is 0.233 e. The molecule has 0 saturated heterocycles. The molecule has 4 nitrogen and oxygen atoms in total. The number of hydrogen-bond donors (Lipinski definition) is 0. The average Bonchev–Trinajstić information content (AvgIpc) is 3.14. The molecule has 0 N–H and O–H groups in total. The van der Waals surface area contributed by atoms with Crippen LogP contribution in [0, 0.1) is 0 Å². The molecule has 0 radical (unpaired) electrons. The molecular weight excluding hydrogens is 364 g/mol. The highest BCUT2D eigenvalue weighted by Gasteiger charge is 2.21. The number of aromatic nitrogens is 3. The van der Waals surface area contributed by atoms with Crippen molar-refractivity contribution < 1.29 is 0 Å². The molecule has 2 aliphatic carbocycles. The summed E-state index contributed by atoms with van der Waals surface area (Å²) in [6, 6.07) is 19.2. The van der Waals surface area contributed by atoms with Crippen molar-refractivity contribution in [2.75, 3.05) is 0 Å². The number of fused-ring (bicyclic) bond motifs is 2. The van der Waals surface area contributed by atoms with Crippen LogP contribution in [0.4, 0.5) is 5.13 Å². The third-order valence-electron chi connectivity index (χ3n) is 5.61. The van der Waals surface area contributed by atoms with Crippen molar-refractivity contribution in [1.29, 1.82) is 0 Å². The minimum atomic E-state index is 0.459. The summed E-state index contributed by atoms with van der Waals surface area (Å²) in [7, 11) is 0. The van der Waals surface area contributed by atoms with Gasteiger partial charge in [-0.15, -0.1) is 0 Å². The van der Waals surface area contributed by atoms with E-state index in [9.17, 15) is 0 Å². The van der Waals surface area contributed by atoms with Crippen molar-refractivity contribution in [3.63, 3.8) is 0 Å². The number of imidazole rings is 1. The predicted molar refractivity (Wildman–Crippen MR) is 115 cm³/mol. The van der Waals surface area contributed by atoms with Crippen molar-refractivity contribution in [3.05, 3.63) is 60.2 Å². The average molecular weight is 389 g/mol. The van der Waals surface area contributed by atoms with E-state index in [1.165, 1.54) is 55.3 Å². The summed E-state index contributed by atoms with van der Waals surface area (Å²) < 4.78 is 3.55. The van der Waals surface area contributed by atoms with E-state index in [1.807, 2.05) is 18.2 Å². The molecule has 142 valence electrons. The van der Waals surface area contributed by atoms with Crippen LogP contribution < -0.4 is 5.62 Å². The first-order valence-electron chi connectivity index (χ1n) is 10.3. The first-order valence-corrected chi connectivity index (χ1v) is 11.1. The highest BCUT2D eigenvalue weighted by molar-refractivity contribution is 7.21. The van der Waals surface area contributed by atoms with Crippen molar-refractivity contribution in [2.24, 2.45) is 4.99 Å². The standard InChI is InChI=1S/C23H24N4S/c1-2-5-11-17(12-6-3-1)27-20-15-8-4-7-13-18(20)24-22(27)26-23-25-19-14-9-10-16-21(19)28-23/h4,7-10,13-17H,1-3,5-6,11-12H2/b26-22+. The summed E-state index contributed by atoms with van der Waals surface area (Å²) in [5.41, 5.74) is 3.99. The summed E-state index contributed by atoms with van der Waals surface area (Å²) in [6.07, 6.45) is 9.00. The van der Waals surface area contributed by atoms with Gasteiger partial charge in [0.2, 0.25) is 10.7 Å². The molecule has 28 heavy (non-hydrogen) atoms. The summed E-state index contributed by atoms with van der Waals surface area (Å²) in [4.78, 5) is 14.5. The van der Waals surface area contributed by atoms with Gasteiger partial charge in [0.15, 0.2) is 0 Å². The molecule has 0 bridgehead atoms. The molecule has 1 saturated carbocycles.